The molecular weight excluding hydrogens is 237 g/mol. The van der Waals surface area contributed by atoms with Crippen molar-refractivity contribution in [2.24, 2.45) is 17.6 Å². The number of rotatable bonds is 7. The third kappa shape index (κ3) is 10.1. The van der Waals surface area contributed by atoms with Crippen molar-refractivity contribution in [3.05, 3.63) is 0 Å². The third-order valence-electron chi connectivity index (χ3n) is 2.03. The van der Waals surface area contributed by atoms with Crippen molar-refractivity contribution in [2.45, 2.75) is 32.9 Å². The molecule has 0 aliphatic carbocycles. The van der Waals surface area contributed by atoms with Gasteiger partial charge in [0.25, 0.3) is 0 Å². The molecule has 102 valence electrons. The molecule has 7 heteroatoms. The molecule has 0 aromatic carbocycles. The number of hydroxylamine groups is 1. The number of carbonyl (C=O) groups is 1. The Balaban J connectivity index is 3.83. The predicted molar refractivity (Wildman–Crippen MR) is 56.8 cm³/mol. The Hall–Kier alpha value is -0.820. The van der Waals surface area contributed by atoms with Gasteiger partial charge in [0.2, 0.25) is 5.91 Å². The molecular formula is C10H19F3N2O2. The number of amides is 1. The monoisotopic (exact) mass is 256 g/mol. The number of alkyl halides is 3. The fraction of sp³-hybridized carbons (Fsp3) is 0.900. The molecule has 0 spiro atoms. The molecule has 0 bridgehead atoms. The lowest BCUT2D eigenvalue weighted by molar-refractivity contribution is -0.191. The first kappa shape index (κ1) is 16.2. The molecule has 0 aliphatic rings. The zero-order valence-corrected chi connectivity index (χ0v) is 10.0. The standard InChI is InChI=1S/C10H19F3N2O2/c1-7(2)3-8(5-14)4-9(16)15-17-6-10(11,12)13/h7-8H,3-6,14H2,1-2H3,(H,15,16). The fourth-order valence-corrected chi connectivity index (χ4v) is 1.43. The molecule has 3 N–H and O–H groups in total. The van der Waals surface area contributed by atoms with Crippen LogP contribution in [0.1, 0.15) is 26.7 Å². The maximum Gasteiger partial charge on any atom is 0.414 e. The van der Waals surface area contributed by atoms with Gasteiger partial charge in [-0.05, 0) is 24.8 Å². The van der Waals surface area contributed by atoms with Gasteiger partial charge in [-0.25, -0.2) is 5.48 Å². The Kier molecular flexibility index (Phi) is 7.13. The summed E-state index contributed by atoms with van der Waals surface area (Å²) >= 11 is 0. The molecule has 0 fully saturated rings. The molecule has 17 heavy (non-hydrogen) atoms. The van der Waals surface area contributed by atoms with Crippen LogP contribution in [0, 0.1) is 11.8 Å². The lowest BCUT2D eigenvalue weighted by Crippen LogP contribution is -2.32. The molecule has 1 amide bonds. The third-order valence-corrected chi connectivity index (χ3v) is 2.03. The summed E-state index contributed by atoms with van der Waals surface area (Å²) in [4.78, 5) is 15.3. The van der Waals surface area contributed by atoms with Gasteiger partial charge >= 0.3 is 6.18 Å². The second kappa shape index (κ2) is 7.50. The van der Waals surface area contributed by atoms with Crippen LogP contribution in [-0.2, 0) is 9.63 Å². The Morgan fingerprint density at radius 1 is 1.41 bits per heavy atom. The molecule has 1 atom stereocenters. The first-order valence-corrected chi connectivity index (χ1v) is 5.42. The summed E-state index contributed by atoms with van der Waals surface area (Å²) in [6.07, 6.45) is -3.62. The van der Waals surface area contributed by atoms with E-state index in [-0.39, 0.29) is 12.3 Å². The highest BCUT2D eigenvalue weighted by Gasteiger charge is 2.28. The van der Waals surface area contributed by atoms with E-state index < -0.39 is 18.7 Å². The van der Waals surface area contributed by atoms with Crippen molar-refractivity contribution in [1.82, 2.24) is 5.48 Å². The molecule has 0 radical (unpaired) electrons. The van der Waals surface area contributed by atoms with Crippen LogP contribution < -0.4 is 11.2 Å². The Morgan fingerprint density at radius 3 is 2.41 bits per heavy atom. The second-order valence-electron chi connectivity index (χ2n) is 4.36. The van der Waals surface area contributed by atoms with Gasteiger partial charge in [-0.15, -0.1) is 0 Å². The van der Waals surface area contributed by atoms with Crippen molar-refractivity contribution in [3.63, 3.8) is 0 Å². The Labute approximate surface area is 98.6 Å². The number of carbonyl (C=O) groups excluding carboxylic acids is 1. The second-order valence-corrected chi connectivity index (χ2v) is 4.36. The van der Waals surface area contributed by atoms with Crippen molar-refractivity contribution in [2.75, 3.05) is 13.2 Å². The highest BCUT2D eigenvalue weighted by molar-refractivity contribution is 5.75. The van der Waals surface area contributed by atoms with Crippen LogP contribution in [0.25, 0.3) is 0 Å². The minimum absolute atomic E-state index is 0.0375. The van der Waals surface area contributed by atoms with E-state index in [1.807, 2.05) is 13.8 Å². The van der Waals surface area contributed by atoms with Crippen molar-refractivity contribution >= 4 is 5.91 Å². The smallest absolute Gasteiger partial charge is 0.330 e. The van der Waals surface area contributed by atoms with Crippen molar-refractivity contribution in [3.8, 4) is 0 Å². The largest absolute Gasteiger partial charge is 0.414 e. The van der Waals surface area contributed by atoms with Crippen LogP contribution in [0.3, 0.4) is 0 Å². The summed E-state index contributed by atoms with van der Waals surface area (Å²) in [7, 11) is 0. The maximum absolute atomic E-state index is 11.7. The molecule has 0 aliphatic heterocycles. The number of hydrogen-bond acceptors (Lipinski definition) is 3. The molecule has 0 aromatic heterocycles. The van der Waals surface area contributed by atoms with Gasteiger partial charge in [0.05, 0.1) is 0 Å². The van der Waals surface area contributed by atoms with Crippen LogP contribution in [0.15, 0.2) is 0 Å². The van der Waals surface area contributed by atoms with Gasteiger partial charge in [0.1, 0.15) is 0 Å². The molecule has 1 unspecified atom stereocenters. The summed E-state index contributed by atoms with van der Waals surface area (Å²) in [5, 5.41) is 0. The molecule has 0 heterocycles. The summed E-state index contributed by atoms with van der Waals surface area (Å²) in [6.45, 7) is 2.81. The Bertz CT molecular complexity index is 232. The number of nitrogens with one attached hydrogen (secondary N) is 1. The van der Waals surface area contributed by atoms with Crippen LogP contribution >= 0.6 is 0 Å². The summed E-state index contributed by atoms with van der Waals surface area (Å²) < 4.78 is 35.1. The average Bonchev–Trinajstić information content (AvgIpc) is 2.13. The quantitative estimate of drug-likeness (QED) is 0.680. The van der Waals surface area contributed by atoms with E-state index in [4.69, 9.17) is 5.73 Å². The van der Waals surface area contributed by atoms with E-state index in [0.717, 1.165) is 6.42 Å². The SMILES string of the molecule is CC(C)CC(CN)CC(=O)NOCC(F)(F)F. The average molecular weight is 256 g/mol. The molecule has 4 nitrogen and oxygen atoms in total. The van der Waals surface area contributed by atoms with E-state index in [1.165, 1.54) is 0 Å². The fourth-order valence-electron chi connectivity index (χ4n) is 1.43. The van der Waals surface area contributed by atoms with E-state index in [1.54, 1.807) is 5.48 Å². The van der Waals surface area contributed by atoms with Crippen molar-refractivity contribution in [1.29, 1.82) is 0 Å². The number of halogens is 3. The summed E-state index contributed by atoms with van der Waals surface area (Å²) in [6, 6.07) is 0. The maximum atomic E-state index is 11.7. The van der Waals surface area contributed by atoms with Crippen LogP contribution in [0.4, 0.5) is 13.2 Å². The zero-order chi connectivity index (χ0) is 13.5. The van der Waals surface area contributed by atoms with Crippen LogP contribution in [0.5, 0.6) is 0 Å². The van der Waals surface area contributed by atoms with Gasteiger partial charge in [-0.2, -0.15) is 13.2 Å². The highest BCUT2D eigenvalue weighted by atomic mass is 19.4. The zero-order valence-electron chi connectivity index (χ0n) is 10.0. The van der Waals surface area contributed by atoms with Gasteiger partial charge in [-0.1, -0.05) is 13.8 Å². The van der Waals surface area contributed by atoms with Gasteiger partial charge < -0.3 is 5.73 Å². The van der Waals surface area contributed by atoms with E-state index in [0.29, 0.717) is 12.5 Å². The summed E-state index contributed by atoms with van der Waals surface area (Å²) in [5.41, 5.74) is 7.23. The molecule has 0 saturated carbocycles. The first-order chi connectivity index (χ1) is 7.74. The van der Waals surface area contributed by atoms with E-state index in [9.17, 15) is 18.0 Å². The molecule has 0 aromatic rings. The van der Waals surface area contributed by atoms with Crippen LogP contribution in [0.2, 0.25) is 0 Å². The lowest BCUT2D eigenvalue weighted by Gasteiger charge is -2.16. The molecule has 0 saturated heterocycles. The lowest BCUT2D eigenvalue weighted by atomic mass is 9.94. The number of nitrogens with two attached hydrogens (primary N) is 1. The normalized spacial score (nSPS) is 13.8. The first-order valence-electron chi connectivity index (χ1n) is 5.42. The predicted octanol–water partition coefficient (Wildman–Crippen LogP) is 1.61. The van der Waals surface area contributed by atoms with Crippen LogP contribution in [-0.4, -0.2) is 25.2 Å². The van der Waals surface area contributed by atoms with E-state index >= 15 is 0 Å². The number of hydrogen-bond donors (Lipinski definition) is 2. The minimum Gasteiger partial charge on any atom is -0.330 e. The van der Waals surface area contributed by atoms with E-state index in [2.05, 4.69) is 4.84 Å². The van der Waals surface area contributed by atoms with Gasteiger partial charge in [-0.3, -0.25) is 9.63 Å². The Morgan fingerprint density at radius 2 is 2.00 bits per heavy atom. The van der Waals surface area contributed by atoms with Gasteiger partial charge in [0.15, 0.2) is 6.61 Å². The molecule has 0 rings (SSSR count). The van der Waals surface area contributed by atoms with Gasteiger partial charge in [0, 0.05) is 6.42 Å². The minimum atomic E-state index is -4.45. The topological polar surface area (TPSA) is 64.4 Å². The van der Waals surface area contributed by atoms with Crippen molar-refractivity contribution < 1.29 is 22.8 Å². The highest BCUT2D eigenvalue weighted by Crippen LogP contribution is 2.15. The summed E-state index contributed by atoms with van der Waals surface area (Å²) in [5.74, 6) is -0.234.